The minimum Gasteiger partial charge on any atom is -0.486 e. The Morgan fingerprint density at radius 2 is 0.424 bits per heavy atom. The Hall–Kier alpha value is -0.230. The van der Waals surface area contributed by atoms with Gasteiger partial charge in [0.1, 0.15) is 6.61 Å². The summed E-state index contributed by atoms with van der Waals surface area (Å²) >= 11 is 6.66. The summed E-state index contributed by atoms with van der Waals surface area (Å²) in [7, 11) is 0. The van der Waals surface area contributed by atoms with Crippen LogP contribution in [-0.4, -0.2) is 46.8 Å². The lowest BCUT2D eigenvalue weighted by atomic mass is 9.65. The molecular weight excluding hydrogens is 1060 g/mol. The molecule has 0 saturated carbocycles. The maximum atomic E-state index is 10.5. The van der Waals surface area contributed by atoms with Gasteiger partial charge in [-0.1, -0.05) is 439 Å². The average Bonchev–Trinajstić information content (AvgIpc) is 3.08. The van der Waals surface area contributed by atoms with Crippen LogP contribution in [-0.2, 0) is 4.74 Å². The molecule has 0 amide bonds. The zero-order valence-electron chi connectivity index (χ0n) is 59.1. The van der Waals surface area contributed by atoms with E-state index in [1.165, 1.54) is 424 Å². The van der Waals surface area contributed by atoms with Gasteiger partial charge in [-0.25, -0.2) is 0 Å². The Labute approximate surface area is 541 Å². The molecule has 0 unspecified atom stereocenters. The molecule has 5 heteroatoms. The van der Waals surface area contributed by atoms with Crippen LogP contribution < -0.4 is 0 Å². The summed E-state index contributed by atoms with van der Waals surface area (Å²) in [6.45, 7) is 8.41. The van der Waals surface area contributed by atoms with Crippen LogP contribution >= 0.6 is 12.2 Å². The van der Waals surface area contributed by atoms with Crippen molar-refractivity contribution in [1.29, 1.82) is 0 Å². The number of rotatable bonds is 75. The van der Waals surface area contributed by atoms with E-state index >= 15 is 0 Å². The molecule has 0 bridgehead atoms. The molecule has 0 aromatic carbocycles. The fourth-order valence-corrected chi connectivity index (χ4v) is 14.5. The van der Waals surface area contributed by atoms with E-state index < -0.39 is 5.41 Å². The lowest BCUT2D eigenvalue weighted by Crippen LogP contribution is -2.44. The Balaban J connectivity index is 5.99. The Morgan fingerprint density at radius 1 is 0.259 bits per heavy atom. The van der Waals surface area contributed by atoms with E-state index in [2.05, 4.69) is 27.7 Å². The number of hydrogen-bond donors (Lipinski definition) is 3. The number of aliphatic hydroxyl groups is 3. The maximum Gasteiger partial charge on any atom is 0.166 e. The maximum absolute atomic E-state index is 10.5. The molecule has 0 saturated heterocycles. The average molecular weight is 1220 g/mol. The molecule has 0 heterocycles. The van der Waals surface area contributed by atoms with Crippen LogP contribution in [0.2, 0.25) is 0 Å². The van der Waals surface area contributed by atoms with Gasteiger partial charge < -0.3 is 20.1 Å². The highest BCUT2D eigenvalue weighted by Gasteiger charge is 2.43. The molecular formula is C80H160O4S. The summed E-state index contributed by atoms with van der Waals surface area (Å²) in [5, 5.41) is 32.2. The van der Waals surface area contributed by atoms with Gasteiger partial charge in [-0.3, -0.25) is 0 Å². The fraction of sp³-hybridized carbons (Fsp3) is 0.988. The fourth-order valence-electron chi connectivity index (χ4n) is 14.1. The normalized spacial score (nSPS) is 12.2. The molecule has 510 valence electrons. The molecule has 85 heavy (non-hydrogen) atoms. The molecule has 4 nitrogen and oxygen atoms in total. The highest BCUT2D eigenvalue weighted by atomic mass is 32.1. The van der Waals surface area contributed by atoms with Crippen LogP contribution in [0.15, 0.2) is 0 Å². The highest BCUT2D eigenvalue weighted by Crippen LogP contribution is 2.47. The molecule has 0 aliphatic carbocycles. The molecule has 0 aliphatic rings. The van der Waals surface area contributed by atoms with Gasteiger partial charge in [-0.15, -0.1) is 0 Å². The number of unbranched alkanes of at least 4 members (excludes halogenated alkanes) is 60. The third-order valence-electron chi connectivity index (χ3n) is 20.5. The van der Waals surface area contributed by atoms with Crippen molar-refractivity contribution in [3.05, 3.63) is 0 Å². The largest absolute Gasteiger partial charge is 0.486 e. The summed E-state index contributed by atoms with van der Waals surface area (Å²) in [6.07, 6.45) is 93.4. The quantitative estimate of drug-likeness (QED) is 0.0418. The van der Waals surface area contributed by atoms with E-state index in [9.17, 15) is 15.3 Å². The minimum atomic E-state index is -1.09. The van der Waals surface area contributed by atoms with Crippen LogP contribution in [0.1, 0.15) is 464 Å². The molecule has 0 rings (SSSR count). The van der Waals surface area contributed by atoms with Crippen molar-refractivity contribution in [2.45, 2.75) is 464 Å². The van der Waals surface area contributed by atoms with Gasteiger partial charge in [0, 0.05) is 5.41 Å². The summed E-state index contributed by atoms with van der Waals surface area (Å²) < 4.78 is 6.80. The van der Waals surface area contributed by atoms with Gasteiger partial charge in [0.15, 0.2) is 5.05 Å². The lowest BCUT2D eigenvalue weighted by Gasteiger charge is -2.43. The standard InChI is InChI=1S/C80H160O4S/c1-5-9-13-17-21-25-29-33-37-41-45-49-53-57-61-65-69-77(70-66-62-58-54-50-46-42-38-34-30-26-22-18-14-10-6-2)80(78(85)84-76-79(73-81,74-82)75-83,71-67-63-59-55-51-47-43-39-35-31-27-23-19-15-11-7-3)72-68-64-60-56-52-48-44-40-36-32-28-24-20-16-12-8-4/h77,81-83H,5-76H2,1-4H3. The third kappa shape index (κ3) is 55.2. The summed E-state index contributed by atoms with van der Waals surface area (Å²) in [5.41, 5.74) is -1.28. The zero-order chi connectivity index (χ0) is 61.8. The second-order valence-electron chi connectivity index (χ2n) is 28.7. The smallest absolute Gasteiger partial charge is 0.166 e. The van der Waals surface area contributed by atoms with E-state index in [0.29, 0.717) is 5.92 Å². The van der Waals surface area contributed by atoms with Crippen molar-refractivity contribution < 1.29 is 20.1 Å². The molecule has 0 aliphatic heterocycles. The van der Waals surface area contributed by atoms with Crippen LogP contribution in [0.4, 0.5) is 0 Å². The molecule has 0 atom stereocenters. The van der Waals surface area contributed by atoms with Crippen molar-refractivity contribution in [1.82, 2.24) is 0 Å². The van der Waals surface area contributed by atoms with Crippen molar-refractivity contribution >= 4 is 17.3 Å². The monoisotopic (exact) mass is 1220 g/mol. The second kappa shape index (κ2) is 69.7. The van der Waals surface area contributed by atoms with Crippen LogP contribution in [0.25, 0.3) is 0 Å². The van der Waals surface area contributed by atoms with E-state index in [4.69, 9.17) is 17.0 Å². The molecule has 0 spiro atoms. The van der Waals surface area contributed by atoms with Crippen molar-refractivity contribution in [2.75, 3.05) is 26.4 Å². The van der Waals surface area contributed by atoms with Gasteiger partial charge in [0.05, 0.1) is 25.2 Å². The summed E-state index contributed by atoms with van der Waals surface area (Å²) in [6, 6.07) is 0. The predicted molar refractivity (Wildman–Crippen MR) is 385 cm³/mol. The molecule has 0 radical (unpaired) electrons. The number of ether oxygens (including phenoxy) is 1. The first-order valence-corrected chi connectivity index (χ1v) is 40.4. The Morgan fingerprint density at radius 3 is 0.600 bits per heavy atom. The van der Waals surface area contributed by atoms with Gasteiger partial charge in [0.25, 0.3) is 0 Å². The first kappa shape index (κ1) is 84.8. The number of hydrogen-bond acceptors (Lipinski definition) is 5. The van der Waals surface area contributed by atoms with E-state index in [1.54, 1.807) is 0 Å². The van der Waals surface area contributed by atoms with Crippen molar-refractivity contribution in [3.63, 3.8) is 0 Å². The van der Waals surface area contributed by atoms with Crippen molar-refractivity contribution in [3.8, 4) is 0 Å². The molecule has 0 aromatic rings. The molecule has 0 fully saturated rings. The first-order valence-electron chi connectivity index (χ1n) is 40.0. The van der Waals surface area contributed by atoms with Crippen LogP contribution in [0.3, 0.4) is 0 Å². The summed E-state index contributed by atoms with van der Waals surface area (Å²) in [4.78, 5) is 0. The van der Waals surface area contributed by atoms with Crippen LogP contribution in [0.5, 0.6) is 0 Å². The second-order valence-corrected chi connectivity index (χ2v) is 29.1. The van der Waals surface area contributed by atoms with Gasteiger partial charge in [-0.2, -0.15) is 0 Å². The molecule has 0 aromatic heterocycles. The topological polar surface area (TPSA) is 69.9 Å². The Bertz CT molecular complexity index is 1170. The third-order valence-corrected chi connectivity index (χ3v) is 21.0. The van der Waals surface area contributed by atoms with E-state index in [1.807, 2.05) is 0 Å². The molecule has 3 N–H and O–H groups in total. The minimum absolute atomic E-state index is 0.0832. The SMILES string of the molecule is CCCCCCCCCCCCCCCCCCC(CCCCCCCCCCCCCCCCCC)C(CCCCCCCCCCCCCCCCCC)(CCCCCCCCCCCCCCCCCC)C(=S)OCC(CO)(CO)CO. The zero-order valence-corrected chi connectivity index (χ0v) is 60.0. The van der Waals surface area contributed by atoms with Crippen LogP contribution in [0, 0.1) is 16.7 Å². The number of thiocarbonyl (C=S) groups is 1. The van der Waals surface area contributed by atoms with Crippen molar-refractivity contribution in [2.24, 2.45) is 16.7 Å². The summed E-state index contributed by atoms with van der Waals surface area (Å²) in [5.74, 6) is 0.484. The van der Waals surface area contributed by atoms with Gasteiger partial charge in [-0.05, 0) is 43.8 Å². The predicted octanol–water partition coefficient (Wildman–Crippen LogP) is 27.5. The lowest BCUT2D eigenvalue weighted by molar-refractivity contribution is -0.0334. The van der Waals surface area contributed by atoms with Gasteiger partial charge >= 0.3 is 0 Å². The van der Waals surface area contributed by atoms with E-state index in [-0.39, 0.29) is 31.8 Å². The first-order chi connectivity index (χ1) is 42.0. The number of aliphatic hydroxyl groups excluding tert-OH is 3. The van der Waals surface area contributed by atoms with E-state index in [0.717, 1.165) is 17.9 Å². The van der Waals surface area contributed by atoms with Gasteiger partial charge in [0.2, 0.25) is 0 Å². The highest BCUT2D eigenvalue weighted by molar-refractivity contribution is 7.80. The Kier molecular flexibility index (Phi) is 69.5.